The van der Waals surface area contributed by atoms with Crippen LogP contribution >= 0.6 is 0 Å². The van der Waals surface area contributed by atoms with E-state index in [4.69, 9.17) is 14.2 Å². The minimum atomic E-state index is -1.15. The third-order valence-corrected chi connectivity index (χ3v) is 5.98. The van der Waals surface area contributed by atoms with Crippen LogP contribution < -0.4 is 30.0 Å². The van der Waals surface area contributed by atoms with Crippen LogP contribution in [0.4, 0.5) is 11.8 Å². The number of nitrogens with zero attached hydrogens (tertiary/aromatic N) is 3. The van der Waals surface area contributed by atoms with Crippen LogP contribution in [0.3, 0.4) is 0 Å². The molecule has 2 atom stereocenters. The Morgan fingerprint density at radius 2 is 1.78 bits per heavy atom. The summed E-state index contributed by atoms with van der Waals surface area (Å²) in [7, 11) is 4.41. The summed E-state index contributed by atoms with van der Waals surface area (Å²) in [5.41, 5.74) is 0.269. The van der Waals surface area contributed by atoms with E-state index in [-0.39, 0.29) is 17.1 Å². The van der Waals surface area contributed by atoms with Gasteiger partial charge in [-0.05, 0) is 25.3 Å². The van der Waals surface area contributed by atoms with Gasteiger partial charge in [0.25, 0.3) is 5.56 Å². The fourth-order valence-electron chi connectivity index (χ4n) is 4.46. The molecule has 1 amide bonds. The zero-order valence-electron chi connectivity index (χ0n) is 18.2. The molecule has 1 aromatic heterocycles. The van der Waals surface area contributed by atoms with Crippen molar-refractivity contribution in [2.24, 2.45) is 5.92 Å². The Morgan fingerprint density at radius 1 is 1.06 bits per heavy atom. The maximum absolute atomic E-state index is 13.3. The monoisotopic (exact) mass is 439 g/mol. The first kappa shape index (κ1) is 21.5. The van der Waals surface area contributed by atoms with Gasteiger partial charge in [-0.1, -0.05) is 6.07 Å². The number of methoxy groups -OCH3 is 3. The molecule has 2 N–H and O–H groups in total. The second-order valence-corrected chi connectivity index (χ2v) is 7.70. The van der Waals surface area contributed by atoms with Crippen molar-refractivity contribution in [2.45, 2.75) is 25.2 Å². The molecule has 0 aliphatic carbocycles. The van der Waals surface area contributed by atoms with Crippen molar-refractivity contribution in [2.75, 3.05) is 44.6 Å². The fourth-order valence-corrected chi connectivity index (χ4v) is 4.46. The number of hydrogen-bond acceptors (Lipinski definition) is 8. The number of benzene rings is 1. The highest BCUT2D eigenvalue weighted by atomic mass is 16.5. The van der Waals surface area contributed by atoms with Crippen LogP contribution in [-0.2, 0) is 4.79 Å². The molecule has 2 aliphatic heterocycles. The molecule has 0 saturated carbocycles. The number of aromatic amines is 1. The van der Waals surface area contributed by atoms with Gasteiger partial charge < -0.3 is 24.4 Å². The number of hydrogen-bond donors (Lipinski definition) is 2. The third-order valence-electron chi connectivity index (χ3n) is 5.98. The molecule has 10 heteroatoms. The molecule has 1 aromatic carbocycles. The van der Waals surface area contributed by atoms with Gasteiger partial charge in [-0.25, -0.2) is 0 Å². The largest absolute Gasteiger partial charge is 0.493 e. The maximum Gasteiger partial charge on any atom is 0.258 e. The van der Waals surface area contributed by atoms with Gasteiger partial charge in [0.05, 0.1) is 33.0 Å². The molecule has 10 nitrogen and oxygen atoms in total. The van der Waals surface area contributed by atoms with Crippen LogP contribution in [-0.4, -0.2) is 50.3 Å². The number of carbonyl (C=O) groups is 1. The zero-order valence-corrected chi connectivity index (χ0v) is 18.2. The molecule has 1 saturated heterocycles. The number of carbonyl (C=O) groups excluding carboxylic acids is 1. The minimum absolute atomic E-state index is 0.160. The second-order valence-electron chi connectivity index (χ2n) is 7.70. The van der Waals surface area contributed by atoms with Gasteiger partial charge in [0.1, 0.15) is 11.7 Å². The maximum atomic E-state index is 13.3. The molecule has 168 valence electrons. The van der Waals surface area contributed by atoms with E-state index in [0.29, 0.717) is 23.0 Å². The standard InChI is InChI=1S/C22H25N5O5/c1-30-14-8-7-12(17(31-2)18(14)32-3)15-13(11-23)20(28)24-19-16(15)21(29)26-22(25-19)27-9-5-4-6-10-27/h7-8,13,15H,4-6,9-10H2,1-3H3,(H2,24,25,26,28,29). The first-order chi connectivity index (χ1) is 15.5. The van der Waals surface area contributed by atoms with Gasteiger partial charge in [0, 0.05) is 24.6 Å². The van der Waals surface area contributed by atoms with Crippen LogP contribution in [0.5, 0.6) is 17.2 Å². The fraction of sp³-hybridized carbons (Fsp3) is 0.455. The Kier molecular flexibility index (Phi) is 5.90. The van der Waals surface area contributed by atoms with Crippen molar-refractivity contribution in [3.63, 3.8) is 0 Å². The lowest BCUT2D eigenvalue weighted by molar-refractivity contribution is -0.119. The summed E-state index contributed by atoms with van der Waals surface area (Å²) in [6.45, 7) is 1.56. The Balaban J connectivity index is 1.91. The predicted octanol–water partition coefficient (Wildman–Crippen LogP) is 2.01. The Hall–Kier alpha value is -3.74. The lowest BCUT2D eigenvalue weighted by Crippen LogP contribution is -2.40. The van der Waals surface area contributed by atoms with Crippen LogP contribution in [0.2, 0.25) is 0 Å². The average molecular weight is 439 g/mol. The molecule has 0 spiro atoms. The van der Waals surface area contributed by atoms with Crippen LogP contribution in [0.25, 0.3) is 0 Å². The van der Waals surface area contributed by atoms with E-state index in [0.717, 1.165) is 32.4 Å². The van der Waals surface area contributed by atoms with Crippen molar-refractivity contribution < 1.29 is 19.0 Å². The second kappa shape index (κ2) is 8.78. The van der Waals surface area contributed by atoms with E-state index >= 15 is 0 Å². The first-order valence-corrected chi connectivity index (χ1v) is 10.4. The number of H-pyrrole nitrogens is 1. The Morgan fingerprint density at radius 3 is 2.41 bits per heavy atom. The van der Waals surface area contributed by atoms with E-state index in [1.54, 1.807) is 12.1 Å². The summed E-state index contributed by atoms with van der Waals surface area (Å²) < 4.78 is 16.4. The highest BCUT2D eigenvalue weighted by Crippen LogP contribution is 2.48. The van der Waals surface area contributed by atoms with Crippen LogP contribution in [0.1, 0.15) is 36.3 Å². The van der Waals surface area contributed by atoms with Crippen molar-refractivity contribution in [3.05, 3.63) is 33.6 Å². The Labute approximate surface area is 185 Å². The molecule has 3 heterocycles. The number of rotatable bonds is 5. The van der Waals surface area contributed by atoms with Crippen molar-refractivity contribution >= 4 is 17.7 Å². The smallest absolute Gasteiger partial charge is 0.258 e. The third kappa shape index (κ3) is 3.49. The van der Waals surface area contributed by atoms with E-state index in [9.17, 15) is 14.9 Å². The summed E-state index contributed by atoms with van der Waals surface area (Å²) in [6.07, 6.45) is 3.15. The molecule has 1 fully saturated rings. The molecule has 0 radical (unpaired) electrons. The molecule has 32 heavy (non-hydrogen) atoms. The number of amides is 1. The van der Waals surface area contributed by atoms with Crippen molar-refractivity contribution in [1.82, 2.24) is 9.97 Å². The number of nitrogens with one attached hydrogen (secondary N) is 2. The van der Waals surface area contributed by atoms with Gasteiger partial charge in [-0.15, -0.1) is 0 Å². The van der Waals surface area contributed by atoms with E-state index in [1.165, 1.54) is 21.3 Å². The average Bonchev–Trinajstić information content (AvgIpc) is 2.82. The zero-order chi connectivity index (χ0) is 22.8. The van der Waals surface area contributed by atoms with E-state index in [1.807, 2.05) is 11.0 Å². The summed E-state index contributed by atoms with van der Waals surface area (Å²) in [4.78, 5) is 35.5. The van der Waals surface area contributed by atoms with E-state index in [2.05, 4.69) is 15.3 Å². The number of ether oxygens (including phenoxy) is 3. The summed E-state index contributed by atoms with van der Waals surface area (Å²) >= 11 is 0. The minimum Gasteiger partial charge on any atom is -0.493 e. The van der Waals surface area contributed by atoms with Gasteiger partial charge in [-0.2, -0.15) is 10.2 Å². The highest BCUT2D eigenvalue weighted by molar-refractivity contribution is 5.98. The van der Waals surface area contributed by atoms with Crippen LogP contribution in [0, 0.1) is 17.2 Å². The molecular weight excluding hydrogens is 414 g/mol. The summed E-state index contributed by atoms with van der Waals surface area (Å²) in [5.74, 6) is -0.972. The first-order valence-electron chi connectivity index (χ1n) is 10.4. The van der Waals surface area contributed by atoms with E-state index < -0.39 is 23.3 Å². The molecule has 2 aromatic rings. The Bertz CT molecular complexity index is 1130. The molecular formula is C22H25N5O5. The van der Waals surface area contributed by atoms with Gasteiger partial charge in [-0.3, -0.25) is 14.6 Å². The van der Waals surface area contributed by atoms with Crippen LogP contribution in [0.15, 0.2) is 16.9 Å². The molecule has 4 rings (SSSR count). The lowest BCUT2D eigenvalue weighted by Gasteiger charge is -2.32. The van der Waals surface area contributed by atoms with Crippen molar-refractivity contribution in [3.8, 4) is 23.3 Å². The van der Waals surface area contributed by atoms with Gasteiger partial charge in [0.15, 0.2) is 11.5 Å². The number of anilines is 2. The number of nitriles is 1. The van der Waals surface area contributed by atoms with Gasteiger partial charge >= 0.3 is 0 Å². The number of piperidine rings is 1. The quantitative estimate of drug-likeness (QED) is 0.724. The molecule has 2 aliphatic rings. The molecule has 0 bridgehead atoms. The number of fused-ring (bicyclic) bond motifs is 1. The van der Waals surface area contributed by atoms with Gasteiger partial charge in [0.2, 0.25) is 17.6 Å². The summed E-state index contributed by atoms with van der Waals surface area (Å²) in [6, 6.07) is 5.37. The SMILES string of the molecule is COc1ccc(C2c3c(nc(N4CCCCC4)[nH]c3=O)NC(=O)C2C#N)c(OC)c1OC. The summed E-state index contributed by atoms with van der Waals surface area (Å²) in [5, 5.41) is 12.5. The molecule has 2 unspecified atom stereocenters. The van der Waals surface area contributed by atoms with Crippen molar-refractivity contribution in [1.29, 1.82) is 5.26 Å². The highest BCUT2D eigenvalue weighted by Gasteiger charge is 2.42. The predicted molar refractivity (Wildman–Crippen MR) is 117 cm³/mol. The normalized spacial score (nSPS) is 20.1. The lowest BCUT2D eigenvalue weighted by atomic mass is 9.78. The number of aromatic nitrogens is 2. The topological polar surface area (TPSA) is 130 Å².